The molecule has 4 nitrogen and oxygen atoms in total. The van der Waals surface area contributed by atoms with Crippen molar-refractivity contribution in [1.82, 2.24) is 4.98 Å². The molecule has 1 aromatic heterocycles. The van der Waals surface area contributed by atoms with E-state index in [2.05, 4.69) is 11.1 Å². The van der Waals surface area contributed by atoms with Gasteiger partial charge in [-0.2, -0.15) is 0 Å². The summed E-state index contributed by atoms with van der Waals surface area (Å²) in [5, 5.41) is 11.5. The lowest BCUT2D eigenvalue weighted by Crippen LogP contribution is -2.21. The molecule has 0 amide bonds. The number of rotatable bonds is 4. The Kier molecular flexibility index (Phi) is 4.09. The van der Waals surface area contributed by atoms with Crippen LogP contribution in [0, 0.1) is 27.7 Å². The summed E-state index contributed by atoms with van der Waals surface area (Å²) in [4.78, 5) is 15.2. The minimum absolute atomic E-state index is 0.168. The second kappa shape index (κ2) is 5.63. The van der Waals surface area contributed by atoms with Crippen molar-refractivity contribution < 1.29 is 14.6 Å². The first-order chi connectivity index (χ1) is 9.40. The highest BCUT2D eigenvalue weighted by molar-refractivity contribution is 7.13. The number of hydrogen-bond donors (Lipinski definition) is 0. The van der Waals surface area contributed by atoms with Gasteiger partial charge in [0, 0.05) is 0 Å². The molecule has 0 aliphatic carbocycles. The molecular formula is C15H16NO3S-. The maximum Gasteiger partial charge on any atom is 0.140 e. The third-order valence-corrected chi connectivity index (χ3v) is 4.35. The average molecular weight is 290 g/mol. The Morgan fingerprint density at radius 3 is 2.50 bits per heavy atom. The van der Waals surface area contributed by atoms with E-state index in [1.54, 1.807) is 6.92 Å². The number of ether oxygens (including phenoxy) is 1. The van der Waals surface area contributed by atoms with Crippen LogP contribution >= 0.6 is 11.3 Å². The summed E-state index contributed by atoms with van der Waals surface area (Å²) in [6.07, 6.45) is 0. The smallest absolute Gasteiger partial charge is 0.140 e. The molecule has 20 heavy (non-hydrogen) atoms. The van der Waals surface area contributed by atoms with Crippen molar-refractivity contribution in [1.29, 1.82) is 0 Å². The van der Waals surface area contributed by atoms with Crippen LogP contribution in [0.15, 0.2) is 12.1 Å². The number of benzene rings is 1. The Labute approximate surface area is 122 Å². The van der Waals surface area contributed by atoms with Crippen molar-refractivity contribution >= 4 is 17.3 Å². The van der Waals surface area contributed by atoms with Gasteiger partial charge in [-0.15, -0.1) is 11.3 Å². The number of carbonyl (C=O) groups excluding carboxylic acids is 1. The highest BCUT2D eigenvalue weighted by atomic mass is 32.1. The van der Waals surface area contributed by atoms with E-state index in [0.717, 1.165) is 33.8 Å². The lowest BCUT2D eigenvalue weighted by atomic mass is 10.1. The number of nitrogens with zero attached hydrogens (tertiary/aromatic N) is 1. The molecule has 106 valence electrons. The summed E-state index contributed by atoms with van der Waals surface area (Å²) in [6.45, 7) is 7.96. The number of carboxylic acid groups (broad SMARTS) is 1. The van der Waals surface area contributed by atoms with E-state index in [9.17, 15) is 9.90 Å². The molecule has 0 bridgehead atoms. The molecule has 0 spiro atoms. The van der Waals surface area contributed by atoms with Crippen molar-refractivity contribution in [3.8, 4) is 5.75 Å². The largest absolute Gasteiger partial charge is 0.544 e. The summed E-state index contributed by atoms with van der Waals surface area (Å²) in [6, 6.07) is 4.07. The van der Waals surface area contributed by atoms with Gasteiger partial charge in [0.05, 0.1) is 16.5 Å². The molecule has 5 heteroatoms. The molecule has 0 radical (unpaired) electrons. The molecule has 0 aliphatic heterocycles. The van der Waals surface area contributed by atoms with E-state index in [4.69, 9.17) is 4.74 Å². The Hall–Kier alpha value is -1.88. The Morgan fingerprint density at radius 2 is 1.90 bits per heavy atom. The van der Waals surface area contributed by atoms with Crippen molar-refractivity contribution in [2.24, 2.45) is 0 Å². The molecule has 1 aromatic carbocycles. The van der Waals surface area contributed by atoms with Gasteiger partial charge < -0.3 is 14.6 Å². The molecule has 0 atom stereocenters. The topological polar surface area (TPSA) is 62.2 Å². The zero-order valence-electron chi connectivity index (χ0n) is 11.9. The molecule has 0 aliphatic rings. The predicted octanol–water partition coefficient (Wildman–Crippen LogP) is 2.32. The van der Waals surface area contributed by atoms with Gasteiger partial charge >= 0.3 is 0 Å². The third kappa shape index (κ3) is 2.82. The fraction of sp³-hybridized carbons (Fsp3) is 0.333. The molecule has 0 saturated carbocycles. The first-order valence-electron chi connectivity index (χ1n) is 6.27. The van der Waals surface area contributed by atoms with Crippen LogP contribution in [0.1, 0.15) is 37.1 Å². The second-order valence-electron chi connectivity index (χ2n) is 4.75. The van der Waals surface area contributed by atoms with E-state index in [-0.39, 0.29) is 11.5 Å². The van der Waals surface area contributed by atoms with Crippen LogP contribution in [0.3, 0.4) is 0 Å². The summed E-state index contributed by atoms with van der Waals surface area (Å²) in [5.74, 6) is -0.345. The summed E-state index contributed by atoms with van der Waals surface area (Å²) >= 11 is 1.10. The number of aryl methyl sites for hydroxylation is 3. The number of carboxylic acids is 1. The Bertz CT molecular complexity index is 661. The quantitative estimate of drug-likeness (QED) is 0.867. The number of carbonyl (C=O) groups is 1. The van der Waals surface area contributed by atoms with Gasteiger partial charge in [0.2, 0.25) is 0 Å². The zero-order valence-corrected chi connectivity index (χ0v) is 12.8. The first-order valence-corrected chi connectivity index (χ1v) is 7.09. The molecular weight excluding hydrogens is 274 g/mol. The molecule has 0 saturated heterocycles. The van der Waals surface area contributed by atoms with Crippen molar-refractivity contribution in [2.45, 2.75) is 34.3 Å². The molecule has 0 N–H and O–H groups in total. The van der Waals surface area contributed by atoms with Gasteiger partial charge in [0.25, 0.3) is 0 Å². The normalized spacial score (nSPS) is 10.6. The number of aromatic nitrogens is 1. The van der Waals surface area contributed by atoms with Gasteiger partial charge in [0.1, 0.15) is 17.4 Å². The summed E-state index contributed by atoms with van der Waals surface area (Å²) in [5.41, 5.74) is 3.79. The highest BCUT2D eigenvalue weighted by Crippen LogP contribution is 2.27. The van der Waals surface area contributed by atoms with Gasteiger partial charge in [-0.05, 0) is 44.4 Å². The number of aromatic carboxylic acids is 1. The predicted molar refractivity (Wildman–Crippen MR) is 76.2 cm³/mol. The minimum atomic E-state index is -1.19. The molecule has 1 heterocycles. The van der Waals surface area contributed by atoms with Gasteiger partial charge in [-0.25, -0.2) is 4.98 Å². The van der Waals surface area contributed by atoms with E-state index >= 15 is 0 Å². The second-order valence-corrected chi connectivity index (χ2v) is 5.84. The average Bonchev–Trinajstić information content (AvgIpc) is 2.75. The maximum atomic E-state index is 10.9. The van der Waals surface area contributed by atoms with E-state index < -0.39 is 5.97 Å². The fourth-order valence-corrected chi connectivity index (χ4v) is 2.80. The standard InChI is InChI=1S/C15H17NO3S/c1-8-5-6-9(2)13(10(8)3)19-7-12-16-11(4)14(20-12)15(17)18/h5-6H,7H2,1-4H3,(H,17,18)/p-1. The van der Waals surface area contributed by atoms with E-state index in [1.165, 1.54) is 0 Å². The number of thiazole rings is 1. The SMILES string of the molecule is Cc1ccc(C)c(OCc2nc(C)c(C(=O)[O-])s2)c1C. The van der Waals surface area contributed by atoms with Gasteiger partial charge in [0.15, 0.2) is 0 Å². The summed E-state index contributed by atoms with van der Waals surface area (Å²) < 4.78 is 5.82. The van der Waals surface area contributed by atoms with E-state index in [1.807, 2.05) is 26.8 Å². The molecule has 2 aromatic rings. The van der Waals surface area contributed by atoms with Crippen LogP contribution in [-0.4, -0.2) is 11.0 Å². The Balaban J connectivity index is 2.19. The first kappa shape index (κ1) is 14.5. The van der Waals surface area contributed by atoms with Crippen molar-refractivity contribution in [3.63, 3.8) is 0 Å². The van der Waals surface area contributed by atoms with Crippen molar-refractivity contribution in [3.05, 3.63) is 44.4 Å². The van der Waals surface area contributed by atoms with Crippen LogP contribution in [0.25, 0.3) is 0 Å². The lowest BCUT2D eigenvalue weighted by molar-refractivity contribution is -0.254. The highest BCUT2D eigenvalue weighted by Gasteiger charge is 2.11. The Morgan fingerprint density at radius 1 is 1.25 bits per heavy atom. The van der Waals surface area contributed by atoms with Crippen LogP contribution < -0.4 is 9.84 Å². The van der Waals surface area contributed by atoms with Crippen LogP contribution in [0.4, 0.5) is 0 Å². The number of hydrogen-bond acceptors (Lipinski definition) is 5. The monoisotopic (exact) mass is 290 g/mol. The summed E-state index contributed by atoms with van der Waals surface area (Å²) in [7, 11) is 0. The van der Waals surface area contributed by atoms with Gasteiger partial charge in [-0.1, -0.05) is 12.1 Å². The minimum Gasteiger partial charge on any atom is -0.544 e. The van der Waals surface area contributed by atoms with Gasteiger partial charge in [-0.3, -0.25) is 0 Å². The van der Waals surface area contributed by atoms with Crippen LogP contribution in [0.5, 0.6) is 5.75 Å². The molecule has 0 fully saturated rings. The van der Waals surface area contributed by atoms with Crippen LogP contribution in [-0.2, 0) is 6.61 Å². The van der Waals surface area contributed by atoms with E-state index in [0.29, 0.717) is 10.7 Å². The fourth-order valence-electron chi connectivity index (χ4n) is 1.98. The zero-order chi connectivity index (χ0) is 14.9. The molecule has 0 unspecified atom stereocenters. The van der Waals surface area contributed by atoms with Crippen molar-refractivity contribution in [2.75, 3.05) is 0 Å². The molecule has 2 rings (SSSR count). The third-order valence-electron chi connectivity index (χ3n) is 3.24. The maximum absolute atomic E-state index is 10.9. The lowest BCUT2D eigenvalue weighted by Gasteiger charge is -2.12. The van der Waals surface area contributed by atoms with Crippen LogP contribution in [0.2, 0.25) is 0 Å².